The van der Waals surface area contributed by atoms with Gasteiger partial charge in [-0.1, -0.05) is 48.6 Å². The number of benzene rings is 1. The van der Waals surface area contributed by atoms with Crippen molar-refractivity contribution in [2.24, 2.45) is 0 Å². The Bertz CT molecular complexity index is 575. The van der Waals surface area contributed by atoms with Gasteiger partial charge in [0.15, 0.2) is 5.79 Å². The largest absolute Gasteiger partial charge is 0.463 e. The number of hydrogen-bond donors (Lipinski definition) is 0. The predicted octanol–water partition coefficient (Wildman–Crippen LogP) is 4.12. The molecule has 2 rings (SSSR count). The highest BCUT2D eigenvalue weighted by Gasteiger charge is 2.33. The summed E-state index contributed by atoms with van der Waals surface area (Å²) in [6.45, 7) is 6.00. The second-order valence-electron chi connectivity index (χ2n) is 6.19. The lowest BCUT2D eigenvalue weighted by Gasteiger charge is -2.39. The normalized spacial score (nSPS) is 23.6. The van der Waals surface area contributed by atoms with Gasteiger partial charge in [0.2, 0.25) is 0 Å². The average Bonchev–Trinajstić information content (AvgIpc) is 2.53. The molecule has 0 saturated carbocycles. The van der Waals surface area contributed by atoms with Crippen LogP contribution in [0, 0.1) is 0 Å². The number of rotatable bonds is 6. The lowest BCUT2D eigenvalue weighted by Crippen LogP contribution is -2.43. The molecule has 2 atom stereocenters. The van der Waals surface area contributed by atoms with E-state index in [1.165, 1.54) is 6.08 Å². The molecule has 0 radical (unpaired) electrons. The van der Waals surface area contributed by atoms with E-state index in [-0.39, 0.29) is 18.2 Å². The van der Waals surface area contributed by atoms with Gasteiger partial charge in [-0.2, -0.15) is 0 Å². The highest BCUT2D eigenvalue weighted by atomic mass is 16.7. The van der Waals surface area contributed by atoms with E-state index in [1.54, 1.807) is 6.92 Å². The topological polar surface area (TPSA) is 44.8 Å². The molecule has 0 aromatic heterocycles. The van der Waals surface area contributed by atoms with Gasteiger partial charge in [0.1, 0.15) is 0 Å². The maximum atomic E-state index is 11.4. The van der Waals surface area contributed by atoms with Crippen LogP contribution < -0.4 is 0 Å². The van der Waals surface area contributed by atoms with Crippen molar-refractivity contribution in [1.82, 2.24) is 0 Å². The number of carbonyl (C=O) groups excluding carboxylic acids is 1. The molecule has 0 spiro atoms. The molecule has 1 heterocycles. The van der Waals surface area contributed by atoms with Gasteiger partial charge >= 0.3 is 5.97 Å². The van der Waals surface area contributed by atoms with Crippen LogP contribution in [0.4, 0.5) is 0 Å². The Hall–Kier alpha value is -1.91. The molecule has 0 N–H and O–H groups in total. The fourth-order valence-electron chi connectivity index (χ4n) is 2.70. The Morgan fingerprint density at radius 2 is 2.04 bits per heavy atom. The first-order valence-electron chi connectivity index (χ1n) is 8.40. The van der Waals surface area contributed by atoms with E-state index in [0.29, 0.717) is 13.0 Å². The van der Waals surface area contributed by atoms with Gasteiger partial charge in [-0.15, -0.1) is 0 Å². The van der Waals surface area contributed by atoms with Crippen LogP contribution in [0.3, 0.4) is 0 Å². The van der Waals surface area contributed by atoms with Crippen molar-refractivity contribution < 1.29 is 19.0 Å². The Kier molecular flexibility index (Phi) is 6.76. The summed E-state index contributed by atoms with van der Waals surface area (Å²) in [5.74, 6) is -0.962. The zero-order valence-corrected chi connectivity index (χ0v) is 14.6. The van der Waals surface area contributed by atoms with Crippen LogP contribution in [-0.4, -0.2) is 30.6 Å². The van der Waals surface area contributed by atoms with Crippen LogP contribution in [0.1, 0.15) is 39.2 Å². The van der Waals surface area contributed by atoms with Gasteiger partial charge in [-0.25, -0.2) is 4.79 Å². The minimum absolute atomic E-state index is 0.00449. The molecule has 4 nitrogen and oxygen atoms in total. The van der Waals surface area contributed by atoms with E-state index in [0.717, 1.165) is 12.0 Å². The molecule has 1 saturated heterocycles. The zero-order chi connectivity index (χ0) is 17.4. The molecule has 0 bridgehead atoms. The molecule has 24 heavy (non-hydrogen) atoms. The fraction of sp³-hybridized carbons (Fsp3) is 0.450. The number of carbonyl (C=O) groups is 1. The minimum atomic E-state index is -0.646. The van der Waals surface area contributed by atoms with Gasteiger partial charge in [0.25, 0.3) is 0 Å². The van der Waals surface area contributed by atoms with Crippen molar-refractivity contribution in [3.8, 4) is 0 Å². The van der Waals surface area contributed by atoms with E-state index < -0.39 is 5.79 Å². The highest BCUT2D eigenvalue weighted by molar-refractivity contribution is 5.81. The molecule has 1 aliphatic heterocycles. The Balaban J connectivity index is 1.94. The van der Waals surface area contributed by atoms with Crippen molar-refractivity contribution in [2.75, 3.05) is 6.61 Å². The quantitative estimate of drug-likeness (QED) is 0.581. The Morgan fingerprint density at radius 1 is 1.29 bits per heavy atom. The third-order valence-electron chi connectivity index (χ3n) is 3.62. The number of esters is 1. The predicted molar refractivity (Wildman–Crippen MR) is 94.3 cm³/mol. The maximum absolute atomic E-state index is 11.4. The monoisotopic (exact) mass is 330 g/mol. The zero-order valence-electron chi connectivity index (χ0n) is 14.6. The van der Waals surface area contributed by atoms with Gasteiger partial charge < -0.3 is 14.2 Å². The lowest BCUT2D eigenvalue weighted by atomic mass is 10.0. The number of ether oxygens (including phenoxy) is 3. The third kappa shape index (κ3) is 6.30. The highest BCUT2D eigenvalue weighted by Crippen LogP contribution is 2.29. The van der Waals surface area contributed by atoms with Crippen LogP contribution in [0.25, 0.3) is 6.08 Å². The maximum Gasteiger partial charge on any atom is 0.330 e. The van der Waals surface area contributed by atoms with Crippen molar-refractivity contribution >= 4 is 12.0 Å². The van der Waals surface area contributed by atoms with E-state index in [2.05, 4.69) is 24.3 Å². The summed E-state index contributed by atoms with van der Waals surface area (Å²) in [5.41, 5.74) is 1.14. The Morgan fingerprint density at radius 3 is 2.75 bits per heavy atom. The SMILES string of the molecule is CCOC(=O)/C=C\C[C@@H]1C[C@@H](/C=C/c2ccccc2)OC(C)(C)O1. The minimum Gasteiger partial charge on any atom is -0.463 e. The molecule has 130 valence electrons. The lowest BCUT2D eigenvalue weighted by molar-refractivity contribution is -0.289. The van der Waals surface area contributed by atoms with E-state index in [1.807, 2.05) is 38.1 Å². The first-order valence-corrected chi connectivity index (χ1v) is 8.40. The summed E-state index contributed by atoms with van der Waals surface area (Å²) in [5, 5.41) is 0. The molecular formula is C20H26O4. The van der Waals surface area contributed by atoms with Gasteiger partial charge in [0.05, 0.1) is 18.8 Å². The van der Waals surface area contributed by atoms with Crippen LogP contribution in [0.5, 0.6) is 0 Å². The first kappa shape index (κ1) is 18.4. The smallest absolute Gasteiger partial charge is 0.330 e. The summed E-state index contributed by atoms with van der Waals surface area (Å²) in [6, 6.07) is 10.1. The van der Waals surface area contributed by atoms with Crippen molar-refractivity contribution in [3.63, 3.8) is 0 Å². The molecule has 0 unspecified atom stereocenters. The first-order chi connectivity index (χ1) is 11.5. The standard InChI is InChI=1S/C20H26O4/c1-4-22-19(21)12-8-11-17-15-18(24-20(2,3)23-17)14-13-16-9-6-5-7-10-16/h5-10,12-14,17-18H,4,11,15H2,1-3H3/b12-8-,14-13+/t17-,18-/m1/s1. The van der Waals surface area contributed by atoms with Gasteiger partial charge in [0, 0.05) is 12.5 Å². The summed E-state index contributed by atoms with van der Waals surface area (Å²) >= 11 is 0. The summed E-state index contributed by atoms with van der Waals surface area (Å²) < 4.78 is 16.8. The molecule has 1 aromatic rings. The number of hydrogen-bond acceptors (Lipinski definition) is 4. The van der Waals surface area contributed by atoms with Crippen molar-refractivity contribution in [2.45, 2.75) is 51.6 Å². The second kappa shape index (κ2) is 8.81. The van der Waals surface area contributed by atoms with Gasteiger partial charge in [-0.05, 0) is 32.8 Å². The van der Waals surface area contributed by atoms with Gasteiger partial charge in [-0.3, -0.25) is 0 Å². The molecule has 1 aliphatic rings. The second-order valence-corrected chi connectivity index (χ2v) is 6.19. The van der Waals surface area contributed by atoms with E-state index >= 15 is 0 Å². The molecule has 1 aromatic carbocycles. The van der Waals surface area contributed by atoms with Crippen molar-refractivity contribution in [3.05, 3.63) is 54.1 Å². The molecule has 4 heteroatoms. The van der Waals surface area contributed by atoms with E-state index in [9.17, 15) is 4.79 Å². The van der Waals surface area contributed by atoms with Crippen LogP contribution in [0.15, 0.2) is 48.6 Å². The third-order valence-corrected chi connectivity index (χ3v) is 3.62. The summed E-state index contributed by atoms with van der Waals surface area (Å²) in [7, 11) is 0. The summed E-state index contributed by atoms with van der Waals surface area (Å²) in [6.07, 6.45) is 8.80. The molecule has 0 aliphatic carbocycles. The molecule has 1 fully saturated rings. The molecule has 0 amide bonds. The van der Waals surface area contributed by atoms with Crippen LogP contribution in [0.2, 0.25) is 0 Å². The molecular weight excluding hydrogens is 304 g/mol. The average molecular weight is 330 g/mol. The van der Waals surface area contributed by atoms with Crippen molar-refractivity contribution in [1.29, 1.82) is 0 Å². The summed E-state index contributed by atoms with van der Waals surface area (Å²) in [4.78, 5) is 11.4. The van der Waals surface area contributed by atoms with Crippen LogP contribution in [-0.2, 0) is 19.0 Å². The van der Waals surface area contributed by atoms with Crippen LogP contribution >= 0.6 is 0 Å². The van der Waals surface area contributed by atoms with E-state index in [4.69, 9.17) is 14.2 Å². The fourth-order valence-corrected chi connectivity index (χ4v) is 2.70. The Labute approximate surface area is 144 Å².